The van der Waals surface area contributed by atoms with Crippen molar-refractivity contribution in [3.05, 3.63) is 58.2 Å². The van der Waals surface area contributed by atoms with E-state index in [9.17, 15) is 19.5 Å². The number of rotatable bonds is 7. The third-order valence-corrected chi connectivity index (χ3v) is 6.52. The standard InChI is InChI=1S/C24H25FN6O5/c1-36-22-19-15(21(32)16(24(34)35)12-31(19)14-2-3-14)10-17(25)20(22)30-8-6-29(7-9-30)13-28-23(33)18-11-26-4-5-27-18/h4-5,10-12,14H,2-3,6-9,13H2,1H3,(H,28,33)(H,34,35). The van der Waals surface area contributed by atoms with Gasteiger partial charge < -0.3 is 24.6 Å². The lowest BCUT2D eigenvalue weighted by atomic mass is 10.1. The second-order valence-corrected chi connectivity index (χ2v) is 8.81. The molecule has 3 aromatic rings. The molecule has 3 heterocycles. The number of methoxy groups -OCH3 is 1. The first-order valence-electron chi connectivity index (χ1n) is 11.6. The van der Waals surface area contributed by atoms with E-state index >= 15 is 4.39 Å². The van der Waals surface area contributed by atoms with Crippen molar-refractivity contribution in [3.8, 4) is 5.75 Å². The third-order valence-electron chi connectivity index (χ3n) is 6.52. The van der Waals surface area contributed by atoms with Gasteiger partial charge in [-0.25, -0.2) is 14.2 Å². The summed E-state index contributed by atoms with van der Waals surface area (Å²) in [5, 5.41) is 12.3. The Labute approximate surface area is 205 Å². The Morgan fingerprint density at radius 2 is 1.97 bits per heavy atom. The smallest absolute Gasteiger partial charge is 0.341 e. The SMILES string of the molecule is COc1c(N2CCN(CNC(=O)c3cnccn3)CC2)c(F)cc2c(=O)c(C(=O)O)cn(C3CC3)c12. The number of carbonyl (C=O) groups is 2. The number of pyridine rings is 1. The quantitative estimate of drug-likeness (QED) is 0.500. The molecule has 5 rings (SSSR count). The molecule has 0 spiro atoms. The number of nitrogens with one attached hydrogen (secondary N) is 1. The maximum absolute atomic E-state index is 15.5. The minimum atomic E-state index is -1.35. The van der Waals surface area contributed by atoms with Gasteiger partial charge in [-0.05, 0) is 18.9 Å². The zero-order valence-electron chi connectivity index (χ0n) is 19.6. The number of aromatic carboxylic acids is 1. The van der Waals surface area contributed by atoms with E-state index in [0.29, 0.717) is 38.4 Å². The number of carboxylic acid groups (broad SMARTS) is 1. The highest BCUT2D eigenvalue weighted by atomic mass is 19.1. The molecule has 0 bridgehead atoms. The molecule has 2 aliphatic rings. The van der Waals surface area contributed by atoms with Crippen molar-refractivity contribution in [1.29, 1.82) is 0 Å². The normalized spacial score (nSPS) is 16.2. The number of hydrogen-bond donors (Lipinski definition) is 2. The van der Waals surface area contributed by atoms with Crippen LogP contribution >= 0.6 is 0 Å². The van der Waals surface area contributed by atoms with Crippen molar-refractivity contribution in [1.82, 2.24) is 24.8 Å². The number of halogens is 1. The molecule has 1 aromatic carbocycles. The van der Waals surface area contributed by atoms with Crippen LogP contribution in [0.2, 0.25) is 0 Å². The van der Waals surface area contributed by atoms with Gasteiger partial charge in [-0.1, -0.05) is 0 Å². The van der Waals surface area contributed by atoms with E-state index in [0.717, 1.165) is 18.9 Å². The van der Waals surface area contributed by atoms with Crippen LogP contribution in [0.15, 0.2) is 35.6 Å². The minimum Gasteiger partial charge on any atom is -0.492 e. The molecule has 1 aliphatic heterocycles. The van der Waals surface area contributed by atoms with Crippen LogP contribution in [-0.4, -0.2) is 76.4 Å². The number of aromatic nitrogens is 3. The van der Waals surface area contributed by atoms with Crippen molar-refractivity contribution in [2.75, 3.05) is 44.9 Å². The van der Waals surface area contributed by atoms with E-state index in [1.165, 1.54) is 31.9 Å². The molecule has 2 aromatic heterocycles. The maximum Gasteiger partial charge on any atom is 0.341 e. The topological polar surface area (TPSA) is 130 Å². The van der Waals surface area contributed by atoms with Gasteiger partial charge in [-0.15, -0.1) is 0 Å². The van der Waals surface area contributed by atoms with Crippen LogP contribution in [0.1, 0.15) is 39.7 Å². The van der Waals surface area contributed by atoms with Crippen molar-refractivity contribution in [2.45, 2.75) is 18.9 Å². The summed E-state index contributed by atoms with van der Waals surface area (Å²) in [4.78, 5) is 48.5. The number of carboxylic acids is 1. The molecule has 1 saturated carbocycles. The van der Waals surface area contributed by atoms with E-state index < -0.39 is 17.2 Å². The average molecular weight is 496 g/mol. The number of hydrogen-bond acceptors (Lipinski definition) is 8. The van der Waals surface area contributed by atoms with E-state index in [-0.39, 0.29) is 40.0 Å². The fourth-order valence-corrected chi connectivity index (χ4v) is 4.54. The molecule has 1 amide bonds. The van der Waals surface area contributed by atoms with Crippen molar-refractivity contribution < 1.29 is 23.8 Å². The first-order chi connectivity index (χ1) is 17.4. The van der Waals surface area contributed by atoms with Crippen molar-refractivity contribution in [3.63, 3.8) is 0 Å². The van der Waals surface area contributed by atoms with E-state index in [4.69, 9.17) is 4.74 Å². The Bertz CT molecular complexity index is 1380. The van der Waals surface area contributed by atoms with Crippen molar-refractivity contribution in [2.24, 2.45) is 0 Å². The highest BCUT2D eigenvalue weighted by Gasteiger charge is 2.32. The largest absolute Gasteiger partial charge is 0.492 e. The van der Waals surface area contributed by atoms with Gasteiger partial charge in [0, 0.05) is 50.8 Å². The fraction of sp³-hybridized carbons (Fsp3) is 0.375. The number of carbonyl (C=O) groups excluding carboxylic acids is 1. The number of piperazine rings is 1. The first-order valence-corrected chi connectivity index (χ1v) is 11.6. The molecular weight excluding hydrogens is 471 g/mol. The lowest BCUT2D eigenvalue weighted by molar-refractivity contribution is 0.0694. The zero-order valence-corrected chi connectivity index (χ0v) is 19.6. The van der Waals surface area contributed by atoms with Crippen LogP contribution in [0.3, 0.4) is 0 Å². The number of nitrogens with zero attached hydrogens (tertiary/aromatic N) is 5. The number of anilines is 1. The zero-order chi connectivity index (χ0) is 25.4. The van der Waals surface area contributed by atoms with Gasteiger partial charge in [0.25, 0.3) is 5.91 Å². The maximum atomic E-state index is 15.5. The number of fused-ring (bicyclic) bond motifs is 1. The summed E-state index contributed by atoms with van der Waals surface area (Å²) >= 11 is 0. The van der Waals surface area contributed by atoms with Crippen LogP contribution in [0.5, 0.6) is 5.75 Å². The molecular formula is C24H25FN6O5. The minimum absolute atomic E-state index is 0.00902. The Kier molecular flexibility index (Phi) is 6.27. The lowest BCUT2D eigenvalue weighted by Crippen LogP contribution is -2.50. The summed E-state index contributed by atoms with van der Waals surface area (Å²) in [7, 11) is 1.42. The van der Waals surface area contributed by atoms with E-state index in [2.05, 4.69) is 15.3 Å². The summed E-state index contributed by atoms with van der Waals surface area (Å²) in [5.41, 5.74) is -0.246. The number of ether oxygens (including phenoxy) is 1. The van der Waals surface area contributed by atoms with Crippen molar-refractivity contribution >= 4 is 28.5 Å². The number of benzene rings is 1. The van der Waals surface area contributed by atoms with Crippen LogP contribution in [0, 0.1) is 5.82 Å². The number of amides is 1. The summed E-state index contributed by atoms with van der Waals surface area (Å²) in [6.45, 7) is 2.32. The molecule has 0 radical (unpaired) electrons. The fourth-order valence-electron chi connectivity index (χ4n) is 4.54. The predicted octanol–water partition coefficient (Wildman–Crippen LogP) is 1.48. The molecule has 188 valence electrons. The molecule has 36 heavy (non-hydrogen) atoms. The average Bonchev–Trinajstić information content (AvgIpc) is 3.73. The monoisotopic (exact) mass is 496 g/mol. The van der Waals surface area contributed by atoms with Gasteiger partial charge in [0.05, 0.1) is 30.9 Å². The summed E-state index contributed by atoms with van der Waals surface area (Å²) in [6, 6.07) is 1.15. The van der Waals surface area contributed by atoms with Gasteiger partial charge in [0.15, 0.2) is 11.6 Å². The van der Waals surface area contributed by atoms with Crippen LogP contribution in [0.4, 0.5) is 10.1 Å². The molecule has 1 saturated heterocycles. The molecule has 2 N–H and O–H groups in total. The summed E-state index contributed by atoms with van der Waals surface area (Å²) in [6.07, 6.45) is 7.35. The predicted molar refractivity (Wildman–Crippen MR) is 128 cm³/mol. The van der Waals surface area contributed by atoms with Crippen LogP contribution in [-0.2, 0) is 0 Å². The first kappa shape index (κ1) is 23.7. The Balaban J connectivity index is 1.40. The molecule has 11 nitrogen and oxygen atoms in total. The highest BCUT2D eigenvalue weighted by Crippen LogP contribution is 2.43. The molecule has 1 aliphatic carbocycles. The van der Waals surface area contributed by atoms with Gasteiger partial charge in [-0.2, -0.15) is 0 Å². The Morgan fingerprint density at radius 1 is 1.22 bits per heavy atom. The van der Waals surface area contributed by atoms with Crippen LogP contribution in [0.25, 0.3) is 10.9 Å². The highest BCUT2D eigenvalue weighted by molar-refractivity contribution is 5.97. The second-order valence-electron chi connectivity index (χ2n) is 8.81. The third kappa shape index (κ3) is 4.35. The molecule has 0 atom stereocenters. The molecule has 0 unspecified atom stereocenters. The molecule has 2 fully saturated rings. The van der Waals surface area contributed by atoms with E-state index in [1.54, 1.807) is 4.57 Å². The summed E-state index contributed by atoms with van der Waals surface area (Å²) < 4.78 is 22.8. The van der Waals surface area contributed by atoms with Gasteiger partial charge in [0.1, 0.15) is 16.9 Å². The molecule has 12 heteroatoms. The Morgan fingerprint density at radius 3 is 2.58 bits per heavy atom. The summed E-state index contributed by atoms with van der Waals surface area (Å²) in [5.74, 6) is -2.10. The van der Waals surface area contributed by atoms with E-state index in [1.807, 2.05) is 9.80 Å². The van der Waals surface area contributed by atoms with Gasteiger partial charge in [0.2, 0.25) is 5.43 Å². The van der Waals surface area contributed by atoms with Gasteiger partial charge in [-0.3, -0.25) is 19.5 Å². The second kappa shape index (κ2) is 9.53. The lowest BCUT2D eigenvalue weighted by Gasteiger charge is -2.37. The van der Waals surface area contributed by atoms with Gasteiger partial charge >= 0.3 is 5.97 Å². The Hall–Kier alpha value is -4.06. The van der Waals surface area contributed by atoms with Crippen LogP contribution < -0.4 is 20.4 Å².